The molecule has 2 rings (SSSR count). The summed E-state index contributed by atoms with van der Waals surface area (Å²) >= 11 is 6.10. The summed E-state index contributed by atoms with van der Waals surface area (Å²) in [6.45, 7) is 5.37. The van der Waals surface area contributed by atoms with E-state index in [2.05, 4.69) is 6.92 Å². The highest BCUT2D eigenvalue weighted by molar-refractivity contribution is 6.31. The number of hydrogen-bond acceptors (Lipinski definition) is 2. The second-order valence-corrected chi connectivity index (χ2v) is 5.74. The van der Waals surface area contributed by atoms with Gasteiger partial charge in [0, 0.05) is 29.7 Å². The first-order valence-corrected chi connectivity index (χ1v) is 7.20. The predicted molar refractivity (Wildman–Crippen MR) is 78.5 cm³/mol. The summed E-state index contributed by atoms with van der Waals surface area (Å²) in [7, 11) is 0. The molecule has 0 spiro atoms. The van der Waals surface area contributed by atoms with E-state index < -0.39 is 0 Å². The highest BCUT2D eigenvalue weighted by Gasteiger charge is 2.31. The van der Waals surface area contributed by atoms with Gasteiger partial charge in [0.25, 0.3) is 5.91 Å². The Kier molecular flexibility index (Phi) is 4.48. The van der Waals surface area contributed by atoms with Gasteiger partial charge in [-0.25, -0.2) is 0 Å². The van der Waals surface area contributed by atoms with E-state index in [1.165, 1.54) is 0 Å². The van der Waals surface area contributed by atoms with Crippen LogP contribution in [0.1, 0.15) is 35.7 Å². The molecule has 1 amide bonds. The molecule has 1 fully saturated rings. The first kappa shape index (κ1) is 14.4. The number of halogens is 1. The molecule has 3 nitrogen and oxygen atoms in total. The summed E-state index contributed by atoms with van der Waals surface area (Å²) in [6.07, 6.45) is 2.18. The molecule has 2 atom stereocenters. The number of rotatable bonds is 2. The van der Waals surface area contributed by atoms with E-state index in [1.807, 2.05) is 30.0 Å². The van der Waals surface area contributed by atoms with Crippen molar-refractivity contribution < 1.29 is 4.79 Å². The fourth-order valence-corrected chi connectivity index (χ4v) is 3.03. The monoisotopic (exact) mass is 280 g/mol. The van der Waals surface area contributed by atoms with E-state index in [0.717, 1.165) is 24.9 Å². The van der Waals surface area contributed by atoms with Crippen LogP contribution in [0.2, 0.25) is 5.02 Å². The number of amides is 1. The summed E-state index contributed by atoms with van der Waals surface area (Å²) in [6, 6.07) is 5.62. The molecule has 104 valence electrons. The number of carbonyl (C=O) groups is 1. The third-order valence-electron chi connectivity index (χ3n) is 4.12. The van der Waals surface area contributed by atoms with Gasteiger partial charge in [0.1, 0.15) is 0 Å². The Morgan fingerprint density at radius 2 is 2.26 bits per heavy atom. The fraction of sp³-hybridized carbons (Fsp3) is 0.533. The molecule has 1 aromatic rings. The Balaban J connectivity index is 2.29. The lowest BCUT2D eigenvalue weighted by Crippen LogP contribution is -2.51. The van der Waals surface area contributed by atoms with Gasteiger partial charge in [-0.05, 0) is 43.4 Å². The van der Waals surface area contributed by atoms with Crippen LogP contribution in [-0.2, 0) is 0 Å². The van der Waals surface area contributed by atoms with Crippen LogP contribution >= 0.6 is 11.6 Å². The molecule has 2 unspecified atom stereocenters. The van der Waals surface area contributed by atoms with Crippen molar-refractivity contribution in [2.75, 3.05) is 13.1 Å². The average Bonchev–Trinajstić information content (AvgIpc) is 2.41. The fourth-order valence-electron chi connectivity index (χ4n) is 2.85. The van der Waals surface area contributed by atoms with Crippen LogP contribution in [0, 0.1) is 12.8 Å². The number of hydrogen-bond donors (Lipinski definition) is 1. The van der Waals surface area contributed by atoms with Crippen molar-refractivity contribution in [3.63, 3.8) is 0 Å². The van der Waals surface area contributed by atoms with Crippen molar-refractivity contribution in [1.29, 1.82) is 0 Å². The minimum absolute atomic E-state index is 0.0574. The van der Waals surface area contributed by atoms with Gasteiger partial charge in [0.05, 0.1) is 0 Å². The van der Waals surface area contributed by atoms with E-state index in [0.29, 0.717) is 23.0 Å². The molecular weight excluding hydrogens is 260 g/mol. The molecule has 0 bridgehead atoms. The van der Waals surface area contributed by atoms with Crippen LogP contribution in [0.15, 0.2) is 18.2 Å². The number of piperidine rings is 1. The van der Waals surface area contributed by atoms with Gasteiger partial charge < -0.3 is 10.6 Å². The van der Waals surface area contributed by atoms with E-state index in [1.54, 1.807) is 0 Å². The molecule has 0 aromatic heterocycles. The van der Waals surface area contributed by atoms with Gasteiger partial charge in [-0.15, -0.1) is 0 Å². The van der Waals surface area contributed by atoms with Crippen molar-refractivity contribution in [1.82, 2.24) is 4.90 Å². The third kappa shape index (κ3) is 2.77. The van der Waals surface area contributed by atoms with Gasteiger partial charge in [0.15, 0.2) is 0 Å². The van der Waals surface area contributed by atoms with Gasteiger partial charge in [0.2, 0.25) is 0 Å². The Morgan fingerprint density at radius 3 is 2.95 bits per heavy atom. The summed E-state index contributed by atoms with van der Waals surface area (Å²) in [5, 5.41) is 0.639. The van der Waals surface area contributed by atoms with Crippen LogP contribution < -0.4 is 5.73 Å². The molecule has 2 N–H and O–H groups in total. The first-order valence-electron chi connectivity index (χ1n) is 6.82. The average molecular weight is 281 g/mol. The van der Waals surface area contributed by atoms with Gasteiger partial charge in [-0.3, -0.25) is 4.79 Å². The third-order valence-corrected chi connectivity index (χ3v) is 4.53. The SMILES string of the molecule is Cc1c(Cl)cccc1C(=O)N1CCCC(C)C1CN. The van der Waals surface area contributed by atoms with E-state index in [4.69, 9.17) is 17.3 Å². The lowest BCUT2D eigenvalue weighted by Gasteiger charge is -2.39. The molecule has 1 heterocycles. The smallest absolute Gasteiger partial charge is 0.254 e. The molecule has 1 saturated heterocycles. The lowest BCUT2D eigenvalue weighted by molar-refractivity contribution is 0.0532. The maximum absolute atomic E-state index is 12.7. The zero-order valence-electron chi connectivity index (χ0n) is 11.5. The maximum Gasteiger partial charge on any atom is 0.254 e. The summed E-state index contributed by atoms with van der Waals surface area (Å²) in [5.74, 6) is 0.518. The molecule has 1 aliphatic rings. The summed E-state index contributed by atoms with van der Waals surface area (Å²) in [5.41, 5.74) is 7.39. The van der Waals surface area contributed by atoms with E-state index >= 15 is 0 Å². The van der Waals surface area contributed by atoms with Gasteiger partial charge in [-0.2, -0.15) is 0 Å². The molecule has 1 aliphatic heterocycles. The quantitative estimate of drug-likeness (QED) is 0.905. The Labute approximate surface area is 119 Å². The second kappa shape index (κ2) is 5.93. The van der Waals surface area contributed by atoms with Crippen molar-refractivity contribution in [3.8, 4) is 0 Å². The van der Waals surface area contributed by atoms with Crippen molar-refractivity contribution in [2.24, 2.45) is 11.7 Å². The van der Waals surface area contributed by atoms with Crippen LogP contribution in [-0.4, -0.2) is 29.9 Å². The molecule has 0 saturated carbocycles. The Morgan fingerprint density at radius 1 is 1.53 bits per heavy atom. The predicted octanol–water partition coefficient (Wildman–Crippen LogP) is 2.85. The van der Waals surface area contributed by atoms with Crippen LogP contribution in [0.3, 0.4) is 0 Å². The number of nitrogens with two attached hydrogens (primary N) is 1. The lowest BCUT2D eigenvalue weighted by atomic mass is 9.90. The van der Waals surface area contributed by atoms with Crippen LogP contribution in [0.4, 0.5) is 0 Å². The van der Waals surface area contributed by atoms with E-state index in [-0.39, 0.29) is 11.9 Å². The Bertz CT molecular complexity index is 475. The van der Waals surface area contributed by atoms with Crippen LogP contribution in [0.25, 0.3) is 0 Å². The molecular formula is C15H21ClN2O. The zero-order chi connectivity index (χ0) is 14.0. The molecule has 0 radical (unpaired) electrons. The largest absolute Gasteiger partial charge is 0.334 e. The normalized spacial score (nSPS) is 23.5. The minimum Gasteiger partial charge on any atom is -0.334 e. The standard InChI is InChI=1S/C15H21ClN2O/c1-10-5-4-8-18(14(10)9-17)15(19)12-6-3-7-13(16)11(12)2/h3,6-7,10,14H,4-5,8-9,17H2,1-2H3. The highest BCUT2D eigenvalue weighted by Crippen LogP contribution is 2.26. The summed E-state index contributed by atoms with van der Waals surface area (Å²) < 4.78 is 0. The van der Waals surface area contributed by atoms with Gasteiger partial charge >= 0.3 is 0 Å². The van der Waals surface area contributed by atoms with Crippen molar-refractivity contribution in [3.05, 3.63) is 34.3 Å². The topological polar surface area (TPSA) is 46.3 Å². The number of carbonyl (C=O) groups excluding carboxylic acids is 1. The molecule has 4 heteroatoms. The molecule has 0 aliphatic carbocycles. The van der Waals surface area contributed by atoms with Crippen molar-refractivity contribution in [2.45, 2.75) is 32.7 Å². The molecule has 1 aromatic carbocycles. The number of benzene rings is 1. The Hall–Kier alpha value is -1.06. The van der Waals surface area contributed by atoms with E-state index in [9.17, 15) is 4.79 Å². The van der Waals surface area contributed by atoms with Gasteiger partial charge in [-0.1, -0.05) is 24.6 Å². The maximum atomic E-state index is 12.7. The minimum atomic E-state index is 0.0574. The second-order valence-electron chi connectivity index (χ2n) is 5.33. The first-order chi connectivity index (χ1) is 9.06. The summed E-state index contributed by atoms with van der Waals surface area (Å²) in [4.78, 5) is 14.6. The highest BCUT2D eigenvalue weighted by atomic mass is 35.5. The zero-order valence-corrected chi connectivity index (χ0v) is 12.3. The molecule has 19 heavy (non-hydrogen) atoms. The van der Waals surface area contributed by atoms with Crippen molar-refractivity contribution >= 4 is 17.5 Å². The number of likely N-dealkylation sites (tertiary alicyclic amines) is 1. The van der Waals surface area contributed by atoms with Crippen LogP contribution in [0.5, 0.6) is 0 Å². The number of nitrogens with zero attached hydrogens (tertiary/aromatic N) is 1.